The zero-order chi connectivity index (χ0) is 25.3. The molecule has 1 atom stereocenters. The molecular formula is C25H33N5O5S. The first-order valence-electron chi connectivity index (χ1n) is 12.6. The quantitative estimate of drug-likeness (QED) is 0.488. The molecule has 2 aromatic rings. The second-order valence-electron chi connectivity index (χ2n) is 9.83. The van der Waals surface area contributed by atoms with Crippen molar-refractivity contribution in [3.05, 3.63) is 36.0 Å². The molecule has 0 unspecified atom stereocenters. The van der Waals surface area contributed by atoms with Crippen LogP contribution >= 0.6 is 0 Å². The van der Waals surface area contributed by atoms with E-state index < -0.39 is 20.6 Å². The lowest BCUT2D eigenvalue weighted by Gasteiger charge is -2.41. The van der Waals surface area contributed by atoms with Crippen molar-refractivity contribution in [2.75, 3.05) is 43.1 Å². The SMILES string of the molecule is C[C@H]1COCCN1c1cc(C2(S(=O)(=O)C3CC3)CCC2)nc(-c2ccc(NC(=O)NCCO)cc2)n1. The highest BCUT2D eigenvalue weighted by molar-refractivity contribution is 7.93. The van der Waals surface area contributed by atoms with Gasteiger partial charge in [-0.05, 0) is 63.3 Å². The molecule has 2 amide bonds. The van der Waals surface area contributed by atoms with Crippen LogP contribution in [-0.2, 0) is 19.3 Å². The lowest BCUT2D eigenvalue weighted by molar-refractivity contribution is 0.0985. The highest BCUT2D eigenvalue weighted by Gasteiger charge is 2.57. The zero-order valence-corrected chi connectivity index (χ0v) is 21.3. The predicted octanol–water partition coefficient (Wildman–Crippen LogP) is 2.44. The Hall–Kier alpha value is -2.76. The number of aliphatic hydroxyl groups excluding tert-OH is 1. The first-order chi connectivity index (χ1) is 17.3. The zero-order valence-electron chi connectivity index (χ0n) is 20.4. The number of nitrogens with zero attached hydrogens (tertiary/aromatic N) is 3. The fourth-order valence-corrected chi connectivity index (χ4v) is 7.59. The van der Waals surface area contributed by atoms with Crippen molar-refractivity contribution in [3.63, 3.8) is 0 Å². The second-order valence-corrected chi connectivity index (χ2v) is 12.4. The highest BCUT2D eigenvalue weighted by atomic mass is 32.2. The minimum atomic E-state index is -3.34. The number of urea groups is 1. The molecule has 2 saturated carbocycles. The molecule has 0 spiro atoms. The van der Waals surface area contributed by atoms with E-state index in [0.29, 0.717) is 55.6 Å². The maximum atomic E-state index is 13.6. The largest absolute Gasteiger partial charge is 0.395 e. The van der Waals surface area contributed by atoms with Crippen LogP contribution in [0.3, 0.4) is 0 Å². The summed E-state index contributed by atoms with van der Waals surface area (Å²) >= 11 is 0. The Bertz CT molecular complexity index is 1210. The van der Waals surface area contributed by atoms with E-state index in [1.807, 2.05) is 18.2 Å². The number of carbonyl (C=O) groups excluding carboxylic acids is 1. The summed E-state index contributed by atoms with van der Waals surface area (Å²) in [5, 5.41) is 13.9. The topological polar surface area (TPSA) is 134 Å². The number of aliphatic hydroxyl groups is 1. The molecular weight excluding hydrogens is 482 g/mol. The molecule has 2 aliphatic carbocycles. The summed E-state index contributed by atoms with van der Waals surface area (Å²) < 4.78 is 31.8. The molecule has 1 aromatic carbocycles. The summed E-state index contributed by atoms with van der Waals surface area (Å²) in [5.74, 6) is 1.18. The smallest absolute Gasteiger partial charge is 0.319 e. The van der Waals surface area contributed by atoms with Gasteiger partial charge in [-0.25, -0.2) is 23.2 Å². The van der Waals surface area contributed by atoms with E-state index in [0.717, 1.165) is 24.8 Å². The minimum Gasteiger partial charge on any atom is -0.395 e. The van der Waals surface area contributed by atoms with Crippen molar-refractivity contribution in [3.8, 4) is 11.4 Å². The van der Waals surface area contributed by atoms with Crippen LogP contribution in [0, 0.1) is 0 Å². The van der Waals surface area contributed by atoms with Crippen LogP contribution in [0.4, 0.5) is 16.3 Å². The molecule has 5 rings (SSSR count). The summed E-state index contributed by atoms with van der Waals surface area (Å²) in [6.07, 6.45) is 3.51. The van der Waals surface area contributed by atoms with E-state index in [-0.39, 0.29) is 24.4 Å². The highest BCUT2D eigenvalue weighted by Crippen LogP contribution is 2.53. The van der Waals surface area contributed by atoms with Crippen molar-refractivity contribution in [1.82, 2.24) is 15.3 Å². The van der Waals surface area contributed by atoms with Gasteiger partial charge < -0.3 is 25.4 Å². The summed E-state index contributed by atoms with van der Waals surface area (Å²) in [6.45, 7) is 3.94. The summed E-state index contributed by atoms with van der Waals surface area (Å²) in [5.41, 5.74) is 1.91. The van der Waals surface area contributed by atoms with Crippen LogP contribution in [0.2, 0.25) is 0 Å². The Balaban J connectivity index is 1.51. The van der Waals surface area contributed by atoms with Crippen LogP contribution in [-0.4, -0.2) is 73.7 Å². The first-order valence-corrected chi connectivity index (χ1v) is 14.1. The Kier molecular flexibility index (Phi) is 6.88. The summed E-state index contributed by atoms with van der Waals surface area (Å²) in [4.78, 5) is 23.8. The summed E-state index contributed by atoms with van der Waals surface area (Å²) in [6, 6.07) is 8.71. The van der Waals surface area contributed by atoms with Crippen molar-refractivity contribution in [1.29, 1.82) is 0 Å². The van der Waals surface area contributed by atoms with E-state index in [1.54, 1.807) is 12.1 Å². The average Bonchev–Trinajstić information content (AvgIpc) is 3.69. The number of nitrogens with one attached hydrogen (secondary N) is 2. The van der Waals surface area contributed by atoms with E-state index in [1.165, 1.54) is 0 Å². The van der Waals surface area contributed by atoms with Gasteiger partial charge in [0.2, 0.25) is 0 Å². The molecule has 0 bridgehead atoms. The van der Waals surface area contributed by atoms with E-state index in [4.69, 9.17) is 19.8 Å². The fourth-order valence-electron chi connectivity index (χ4n) is 4.94. The number of hydrogen-bond donors (Lipinski definition) is 3. The third kappa shape index (κ3) is 4.67. The number of benzene rings is 1. The lowest BCUT2D eigenvalue weighted by atomic mass is 9.81. The molecule has 1 saturated heterocycles. The molecule has 3 N–H and O–H groups in total. The number of anilines is 2. The molecule has 3 fully saturated rings. The Morgan fingerprint density at radius 2 is 1.97 bits per heavy atom. The summed E-state index contributed by atoms with van der Waals surface area (Å²) in [7, 11) is -3.34. The maximum absolute atomic E-state index is 13.6. The van der Waals surface area contributed by atoms with Crippen LogP contribution in [0.1, 0.15) is 44.7 Å². The molecule has 1 aromatic heterocycles. The normalized spacial score (nSPS) is 21.5. The number of sulfone groups is 1. The Morgan fingerprint density at radius 3 is 2.58 bits per heavy atom. The second kappa shape index (κ2) is 9.95. The van der Waals surface area contributed by atoms with Crippen molar-refractivity contribution in [2.45, 2.75) is 55.1 Å². The Morgan fingerprint density at radius 1 is 1.22 bits per heavy atom. The Labute approximate surface area is 211 Å². The van der Waals surface area contributed by atoms with Gasteiger partial charge in [-0.15, -0.1) is 0 Å². The average molecular weight is 516 g/mol. The minimum absolute atomic E-state index is 0.107. The molecule has 194 valence electrons. The maximum Gasteiger partial charge on any atom is 0.319 e. The van der Waals surface area contributed by atoms with Crippen molar-refractivity contribution >= 4 is 27.4 Å². The van der Waals surface area contributed by atoms with Gasteiger partial charge in [-0.2, -0.15) is 0 Å². The first kappa shape index (κ1) is 24.9. The fraction of sp³-hybridized carbons (Fsp3) is 0.560. The van der Waals surface area contributed by atoms with Gasteiger partial charge in [0.25, 0.3) is 0 Å². The molecule has 10 nitrogen and oxygen atoms in total. The third-order valence-electron chi connectivity index (χ3n) is 7.31. The molecule has 3 aliphatic rings. The number of ether oxygens (including phenoxy) is 1. The van der Waals surface area contributed by atoms with Crippen molar-refractivity contribution in [2.24, 2.45) is 0 Å². The lowest BCUT2D eigenvalue weighted by Crippen LogP contribution is -2.46. The number of aromatic nitrogens is 2. The van der Waals surface area contributed by atoms with Crippen LogP contribution < -0.4 is 15.5 Å². The number of morpholine rings is 1. The molecule has 1 aliphatic heterocycles. The van der Waals surface area contributed by atoms with Gasteiger partial charge in [0.1, 0.15) is 10.6 Å². The number of amides is 2. The van der Waals surface area contributed by atoms with Crippen LogP contribution in [0.5, 0.6) is 0 Å². The number of carbonyl (C=O) groups is 1. The van der Waals surface area contributed by atoms with Gasteiger partial charge in [-0.1, -0.05) is 0 Å². The van der Waals surface area contributed by atoms with Gasteiger partial charge in [0, 0.05) is 30.4 Å². The molecule has 11 heteroatoms. The monoisotopic (exact) mass is 515 g/mol. The molecule has 2 heterocycles. The number of hydrogen-bond acceptors (Lipinski definition) is 8. The van der Waals surface area contributed by atoms with Crippen molar-refractivity contribution < 1.29 is 23.1 Å². The standard InChI is InChI=1S/C25H33N5O5S/c1-17-16-35-14-12-30(17)22-15-21(25(9-2-10-25)36(33,34)20-7-8-20)28-23(29-22)18-3-5-19(6-4-18)27-24(32)26-11-13-31/h3-6,15,17,20,31H,2,7-14,16H2,1H3,(H2,26,27,32)/t17-/m0/s1. The van der Waals surface area contributed by atoms with E-state index in [2.05, 4.69) is 22.5 Å². The molecule has 0 radical (unpaired) electrons. The third-order valence-corrected chi connectivity index (χ3v) is 10.4. The molecule has 36 heavy (non-hydrogen) atoms. The van der Waals surface area contributed by atoms with Gasteiger partial charge in [0.05, 0.1) is 36.8 Å². The van der Waals surface area contributed by atoms with Gasteiger partial charge >= 0.3 is 6.03 Å². The van der Waals surface area contributed by atoms with E-state index >= 15 is 0 Å². The number of rotatable bonds is 8. The van der Waals surface area contributed by atoms with Crippen LogP contribution in [0.25, 0.3) is 11.4 Å². The predicted molar refractivity (Wildman–Crippen MR) is 137 cm³/mol. The van der Waals surface area contributed by atoms with Gasteiger partial charge in [0.15, 0.2) is 15.7 Å². The van der Waals surface area contributed by atoms with E-state index in [9.17, 15) is 13.2 Å². The van der Waals surface area contributed by atoms with Gasteiger partial charge in [-0.3, -0.25) is 0 Å². The van der Waals surface area contributed by atoms with Crippen LogP contribution in [0.15, 0.2) is 30.3 Å².